The lowest BCUT2D eigenvalue weighted by molar-refractivity contribution is 0.453. The van der Waals surface area contributed by atoms with Crippen LogP contribution in [0.25, 0.3) is 10.8 Å². The molecule has 2 aromatic carbocycles. The minimum absolute atomic E-state index is 0.365. The van der Waals surface area contributed by atoms with Gasteiger partial charge < -0.3 is 5.73 Å². The van der Waals surface area contributed by atoms with Gasteiger partial charge in [-0.2, -0.15) is 4.31 Å². The molecule has 1 unspecified atom stereocenters. The van der Waals surface area contributed by atoms with Crippen molar-refractivity contribution >= 4 is 26.5 Å². The summed E-state index contributed by atoms with van der Waals surface area (Å²) in [5.74, 6) is 0.472. The van der Waals surface area contributed by atoms with E-state index >= 15 is 0 Å². The monoisotopic (exact) mass is 304 g/mol. The molecule has 5 heteroatoms. The Morgan fingerprint density at radius 3 is 2.57 bits per heavy atom. The van der Waals surface area contributed by atoms with Gasteiger partial charge in [0, 0.05) is 29.5 Å². The molecule has 2 aromatic rings. The van der Waals surface area contributed by atoms with Gasteiger partial charge in [-0.3, -0.25) is 0 Å². The average Bonchev–Trinajstić information content (AvgIpc) is 2.97. The highest BCUT2D eigenvalue weighted by Crippen LogP contribution is 2.32. The molecule has 1 aliphatic rings. The number of sulfonamides is 1. The van der Waals surface area contributed by atoms with Crippen molar-refractivity contribution in [2.45, 2.75) is 24.7 Å². The second kappa shape index (κ2) is 5.31. The third kappa shape index (κ3) is 2.40. The highest BCUT2D eigenvalue weighted by molar-refractivity contribution is 7.89. The summed E-state index contributed by atoms with van der Waals surface area (Å²) in [6, 6.07) is 10.7. The van der Waals surface area contributed by atoms with Crippen LogP contribution < -0.4 is 5.73 Å². The normalized spacial score (nSPS) is 20.1. The molecule has 0 aromatic heterocycles. The molecule has 0 amide bonds. The van der Waals surface area contributed by atoms with Crippen molar-refractivity contribution in [1.29, 1.82) is 0 Å². The van der Waals surface area contributed by atoms with E-state index in [2.05, 4.69) is 6.92 Å². The molecule has 3 rings (SSSR count). The lowest BCUT2D eigenvalue weighted by atomic mass is 10.1. The molecule has 1 fully saturated rings. The Labute approximate surface area is 125 Å². The van der Waals surface area contributed by atoms with Gasteiger partial charge >= 0.3 is 0 Å². The third-order valence-corrected chi connectivity index (χ3v) is 6.28. The Morgan fingerprint density at radius 2 is 1.90 bits per heavy atom. The number of benzene rings is 2. The van der Waals surface area contributed by atoms with E-state index in [0.29, 0.717) is 35.0 Å². The van der Waals surface area contributed by atoms with Crippen LogP contribution in [-0.2, 0) is 10.0 Å². The second-order valence-electron chi connectivity index (χ2n) is 5.62. The van der Waals surface area contributed by atoms with Crippen LogP contribution in [0.5, 0.6) is 0 Å². The van der Waals surface area contributed by atoms with Gasteiger partial charge in [-0.05, 0) is 24.5 Å². The molecule has 2 N–H and O–H groups in total. The molecule has 4 nitrogen and oxygen atoms in total. The van der Waals surface area contributed by atoms with Gasteiger partial charge in [0.15, 0.2) is 0 Å². The number of nitrogens with two attached hydrogens (primary N) is 1. The van der Waals surface area contributed by atoms with Crippen LogP contribution >= 0.6 is 0 Å². The fourth-order valence-corrected chi connectivity index (χ4v) is 4.73. The van der Waals surface area contributed by atoms with Crippen LogP contribution in [0.2, 0.25) is 0 Å². The maximum absolute atomic E-state index is 12.9. The first-order chi connectivity index (χ1) is 10.0. The number of anilines is 1. The van der Waals surface area contributed by atoms with Crippen molar-refractivity contribution in [3.05, 3.63) is 36.4 Å². The largest absolute Gasteiger partial charge is 0.398 e. The fourth-order valence-electron chi connectivity index (χ4n) is 3.01. The first-order valence-corrected chi connectivity index (χ1v) is 8.75. The second-order valence-corrected chi connectivity index (χ2v) is 7.53. The zero-order chi connectivity index (χ0) is 15.0. The minimum Gasteiger partial charge on any atom is -0.398 e. The lowest BCUT2D eigenvalue weighted by Gasteiger charge is -2.18. The van der Waals surface area contributed by atoms with Crippen molar-refractivity contribution < 1.29 is 8.42 Å². The van der Waals surface area contributed by atoms with E-state index in [9.17, 15) is 8.42 Å². The lowest BCUT2D eigenvalue weighted by Crippen LogP contribution is -2.29. The molecule has 1 heterocycles. The number of nitrogens with zero attached hydrogens (tertiary/aromatic N) is 1. The van der Waals surface area contributed by atoms with Crippen molar-refractivity contribution in [2.75, 3.05) is 18.8 Å². The average molecular weight is 304 g/mol. The molecule has 0 aliphatic carbocycles. The maximum Gasteiger partial charge on any atom is 0.243 e. The van der Waals surface area contributed by atoms with E-state index < -0.39 is 10.0 Å². The Morgan fingerprint density at radius 1 is 1.19 bits per heavy atom. The quantitative estimate of drug-likeness (QED) is 0.887. The van der Waals surface area contributed by atoms with Crippen molar-refractivity contribution in [3.63, 3.8) is 0 Å². The molecule has 0 radical (unpaired) electrons. The maximum atomic E-state index is 12.9. The van der Waals surface area contributed by atoms with E-state index in [1.165, 1.54) is 0 Å². The highest BCUT2D eigenvalue weighted by Gasteiger charge is 2.32. The molecule has 1 aliphatic heterocycles. The third-order valence-electron chi connectivity index (χ3n) is 4.36. The summed E-state index contributed by atoms with van der Waals surface area (Å²) >= 11 is 0. The number of fused-ring (bicyclic) bond motifs is 1. The molecule has 21 heavy (non-hydrogen) atoms. The predicted molar refractivity (Wildman–Crippen MR) is 85.5 cm³/mol. The van der Waals surface area contributed by atoms with Crippen molar-refractivity contribution in [1.82, 2.24) is 4.31 Å². The Kier molecular flexibility index (Phi) is 3.63. The number of hydrogen-bond acceptors (Lipinski definition) is 3. The summed E-state index contributed by atoms with van der Waals surface area (Å²) in [5, 5.41) is 1.50. The number of rotatable bonds is 3. The Hall–Kier alpha value is -1.59. The molecule has 1 atom stereocenters. The van der Waals surface area contributed by atoms with Crippen LogP contribution in [-0.4, -0.2) is 25.8 Å². The zero-order valence-corrected chi connectivity index (χ0v) is 12.9. The van der Waals surface area contributed by atoms with E-state index in [0.717, 1.165) is 18.2 Å². The van der Waals surface area contributed by atoms with Gasteiger partial charge in [-0.25, -0.2) is 8.42 Å². The van der Waals surface area contributed by atoms with Gasteiger partial charge in [0.25, 0.3) is 0 Å². The van der Waals surface area contributed by atoms with Gasteiger partial charge in [0.1, 0.15) is 0 Å². The SMILES string of the molecule is CCC1CCN(S(=O)(=O)c2ccc(N)c3ccccc23)C1. The van der Waals surface area contributed by atoms with Gasteiger partial charge in [-0.1, -0.05) is 37.6 Å². The van der Waals surface area contributed by atoms with Crippen molar-refractivity contribution in [3.8, 4) is 0 Å². The zero-order valence-electron chi connectivity index (χ0n) is 12.1. The van der Waals surface area contributed by atoms with Crippen LogP contribution in [0.1, 0.15) is 19.8 Å². The van der Waals surface area contributed by atoms with E-state index in [-0.39, 0.29) is 0 Å². The topological polar surface area (TPSA) is 63.4 Å². The fraction of sp³-hybridized carbons (Fsp3) is 0.375. The van der Waals surface area contributed by atoms with E-state index in [1.54, 1.807) is 16.4 Å². The number of nitrogen functional groups attached to an aromatic ring is 1. The summed E-state index contributed by atoms with van der Waals surface area (Å²) in [5.41, 5.74) is 6.57. The highest BCUT2D eigenvalue weighted by atomic mass is 32.2. The van der Waals surface area contributed by atoms with Crippen molar-refractivity contribution in [2.24, 2.45) is 5.92 Å². The molecule has 0 bridgehead atoms. The number of hydrogen-bond donors (Lipinski definition) is 1. The van der Waals surface area contributed by atoms with Crippen LogP contribution in [0.4, 0.5) is 5.69 Å². The van der Waals surface area contributed by atoms with Gasteiger partial charge in [-0.15, -0.1) is 0 Å². The Bertz CT molecular complexity index is 771. The first kappa shape index (κ1) is 14.4. The predicted octanol–water partition coefficient (Wildman–Crippen LogP) is 2.84. The summed E-state index contributed by atoms with van der Waals surface area (Å²) in [6.07, 6.45) is 1.97. The summed E-state index contributed by atoms with van der Waals surface area (Å²) in [7, 11) is -3.45. The summed E-state index contributed by atoms with van der Waals surface area (Å²) in [4.78, 5) is 0.365. The molecule has 112 valence electrons. The molecule has 0 spiro atoms. The molecular weight excluding hydrogens is 284 g/mol. The van der Waals surface area contributed by atoms with Crippen LogP contribution in [0, 0.1) is 5.92 Å². The smallest absolute Gasteiger partial charge is 0.243 e. The molecule has 1 saturated heterocycles. The van der Waals surface area contributed by atoms with E-state index in [4.69, 9.17) is 5.73 Å². The standard InChI is InChI=1S/C16H20N2O2S/c1-2-12-9-10-18(11-12)21(19,20)16-8-7-15(17)13-5-3-4-6-14(13)16/h3-8,12H,2,9-11,17H2,1H3. The van der Waals surface area contributed by atoms with Gasteiger partial charge in [0.2, 0.25) is 10.0 Å². The minimum atomic E-state index is -3.45. The Balaban J connectivity index is 2.10. The molecule has 0 saturated carbocycles. The molecular formula is C16H20N2O2S. The van der Waals surface area contributed by atoms with E-state index in [1.807, 2.05) is 24.3 Å². The van der Waals surface area contributed by atoms with Crippen LogP contribution in [0.3, 0.4) is 0 Å². The summed E-state index contributed by atoms with van der Waals surface area (Å²) < 4.78 is 27.4. The first-order valence-electron chi connectivity index (χ1n) is 7.31. The van der Waals surface area contributed by atoms with Crippen LogP contribution in [0.15, 0.2) is 41.3 Å². The van der Waals surface area contributed by atoms with Gasteiger partial charge in [0.05, 0.1) is 4.90 Å². The summed E-state index contributed by atoms with van der Waals surface area (Å²) in [6.45, 7) is 3.34.